The molecule has 4 nitrogen and oxygen atoms in total. The molecule has 0 saturated carbocycles. The van der Waals surface area contributed by atoms with Gasteiger partial charge in [-0.05, 0) is 35.4 Å². The lowest BCUT2D eigenvalue weighted by Gasteiger charge is -2.28. The second-order valence-corrected chi connectivity index (χ2v) is 6.21. The van der Waals surface area contributed by atoms with Crippen LogP contribution >= 0.6 is 0 Å². The summed E-state index contributed by atoms with van der Waals surface area (Å²) in [6.45, 7) is 3.16. The van der Waals surface area contributed by atoms with Crippen molar-refractivity contribution in [3.8, 4) is 16.9 Å². The Morgan fingerprint density at radius 2 is 1.50 bits per heavy atom. The average molecular weight is 367 g/mol. The van der Waals surface area contributed by atoms with Gasteiger partial charge in [0.15, 0.2) is 0 Å². The monoisotopic (exact) mass is 367 g/mol. The molecule has 0 radical (unpaired) electrons. The Kier molecular flexibility index (Phi) is 6.13. The lowest BCUT2D eigenvalue weighted by atomic mass is 10.0. The molecule has 1 saturated heterocycles. The Bertz CT molecular complexity index is 731. The van der Waals surface area contributed by atoms with Crippen LogP contribution in [-0.4, -0.2) is 55.6 Å². The summed E-state index contributed by atoms with van der Waals surface area (Å²) in [5, 5.41) is 10.1. The van der Waals surface area contributed by atoms with Crippen molar-refractivity contribution in [3.63, 3.8) is 0 Å². The number of hydrogen-bond acceptors (Lipinski definition) is 4. The van der Waals surface area contributed by atoms with Crippen LogP contribution in [0.25, 0.3) is 11.1 Å². The molecule has 140 valence electrons. The molecule has 1 N–H and O–H groups in total. The molecule has 1 unspecified atom stereocenters. The van der Waals surface area contributed by atoms with Crippen molar-refractivity contribution in [1.82, 2.24) is 4.90 Å². The summed E-state index contributed by atoms with van der Waals surface area (Å²) < 4.78 is 51.3. The number of rotatable bonds is 6. The molecule has 1 heterocycles. The summed E-state index contributed by atoms with van der Waals surface area (Å²) in [4.78, 5) is 2.06. The van der Waals surface area contributed by atoms with Crippen LogP contribution in [0.1, 0.15) is 0 Å². The number of ether oxygens (including phenoxy) is 2. The van der Waals surface area contributed by atoms with E-state index in [1.807, 2.05) is 0 Å². The molecule has 0 bridgehead atoms. The van der Waals surface area contributed by atoms with E-state index in [1.54, 1.807) is 0 Å². The van der Waals surface area contributed by atoms with Crippen molar-refractivity contribution < 1.29 is 27.8 Å². The summed E-state index contributed by atoms with van der Waals surface area (Å²) >= 11 is 0. The Labute approximate surface area is 149 Å². The number of aliphatic hydroxyl groups excluding tert-OH is 1. The predicted molar refractivity (Wildman–Crippen MR) is 90.5 cm³/mol. The topological polar surface area (TPSA) is 41.9 Å². The van der Waals surface area contributed by atoms with Gasteiger partial charge in [0.05, 0.1) is 13.2 Å². The van der Waals surface area contributed by atoms with Crippen LogP contribution in [0.3, 0.4) is 0 Å². The fraction of sp³-hybridized carbons (Fsp3) is 0.368. The maximum absolute atomic E-state index is 13.9. The molecule has 1 fully saturated rings. The minimum absolute atomic E-state index is 0.0161. The van der Waals surface area contributed by atoms with Crippen molar-refractivity contribution in [3.05, 3.63) is 53.8 Å². The van der Waals surface area contributed by atoms with E-state index in [1.165, 1.54) is 18.2 Å². The maximum Gasteiger partial charge on any atom is 0.127 e. The number of halogens is 3. The summed E-state index contributed by atoms with van der Waals surface area (Å²) in [6, 6.07) is 6.82. The average Bonchev–Trinajstić information content (AvgIpc) is 2.59. The number of hydrogen-bond donors (Lipinski definition) is 1. The molecular formula is C19H20F3NO3. The molecule has 1 atom stereocenters. The van der Waals surface area contributed by atoms with Gasteiger partial charge in [-0.25, -0.2) is 13.2 Å². The van der Waals surface area contributed by atoms with Gasteiger partial charge >= 0.3 is 0 Å². The molecule has 3 rings (SSSR count). The second-order valence-electron chi connectivity index (χ2n) is 6.21. The van der Waals surface area contributed by atoms with Gasteiger partial charge in [0, 0.05) is 31.8 Å². The first kappa shape index (κ1) is 18.7. The Morgan fingerprint density at radius 1 is 0.923 bits per heavy atom. The molecule has 7 heteroatoms. The van der Waals surface area contributed by atoms with Crippen LogP contribution in [0, 0.1) is 17.5 Å². The molecule has 1 aliphatic heterocycles. The molecule has 2 aromatic carbocycles. The van der Waals surface area contributed by atoms with Crippen molar-refractivity contribution in [2.45, 2.75) is 6.10 Å². The minimum Gasteiger partial charge on any atom is -0.491 e. The van der Waals surface area contributed by atoms with Crippen molar-refractivity contribution in [1.29, 1.82) is 0 Å². The zero-order valence-electron chi connectivity index (χ0n) is 14.1. The molecule has 0 spiro atoms. The van der Waals surface area contributed by atoms with Crippen LogP contribution in [0.2, 0.25) is 0 Å². The van der Waals surface area contributed by atoms with Crippen LogP contribution < -0.4 is 4.74 Å². The van der Waals surface area contributed by atoms with E-state index >= 15 is 0 Å². The van der Waals surface area contributed by atoms with Crippen molar-refractivity contribution in [2.24, 2.45) is 0 Å². The first-order valence-electron chi connectivity index (χ1n) is 8.37. The third-order valence-electron chi connectivity index (χ3n) is 4.08. The summed E-state index contributed by atoms with van der Waals surface area (Å²) in [5.74, 6) is -1.89. The van der Waals surface area contributed by atoms with E-state index in [0.29, 0.717) is 25.3 Å². The second kappa shape index (κ2) is 8.53. The van der Waals surface area contributed by atoms with Gasteiger partial charge in [-0.3, -0.25) is 4.90 Å². The number of morpholine rings is 1. The molecule has 0 amide bonds. The van der Waals surface area contributed by atoms with E-state index in [-0.39, 0.29) is 17.9 Å². The molecule has 26 heavy (non-hydrogen) atoms. The third-order valence-corrected chi connectivity index (χ3v) is 4.08. The SMILES string of the molecule is OC(COc1cc(F)cc(-c2cc(F)cc(F)c2)c1)CN1CCOCC1. The highest BCUT2D eigenvalue weighted by Gasteiger charge is 2.16. The first-order chi connectivity index (χ1) is 12.5. The van der Waals surface area contributed by atoms with E-state index in [2.05, 4.69) is 4.90 Å². The van der Waals surface area contributed by atoms with Gasteiger partial charge in [-0.1, -0.05) is 0 Å². The van der Waals surface area contributed by atoms with Crippen molar-refractivity contribution >= 4 is 0 Å². The normalized spacial score (nSPS) is 16.5. The third kappa shape index (κ3) is 5.20. The largest absolute Gasteiger partial charge is 0.491 e. The summed E-state index contributed by atoms with van der Waals surface area (Å²) in [6.07, 6.45) is -0.744. The van der Waals surface area contributed by atoms with E-state index in [9.17, 15) is 18.3 Å². The van der Waals surface area contributed by atoms with E-state index in [0.717, 1.165) is 31.3 Å². The van der Waals surface area contributed by atoms with E-state index in [4.69, 9.17) is 9.47 Å². The smallest absolute Gasteiger partial charge is 0.127 e. The van der Waals surface area contributed by atoms with Crippen LogP contribution in [0.15, 0.2) is 36.4 Å². The minimum atomic E-state index is -0.744. The Hall–Kier alpha value is -2.09. The number of nitrogens with zero attached hydrogens (tertiary/aromatic N) is 1. The van der Waals surface area contributed by atoms with E-state index < -0.39 is 23.6 Å². The zero-order valence-corrected chi connectivity index (χ0v) is 14.1. The fourth-order valence-corrected chi connectivity index (χ4v) is 2.86. The highest BCUT2D eigenvalue weighted by Crippen LogP contribution is 2.27. The van der Waals surface area contributed by atoms with Crippen LogP contribution in [0.4, 0.5) is 13.2 Å². The van der Waals surface area contributed by atoms with Crippen LogP contribution in [0.5, 0.6) is 5.75 Å². The number of aliphatic hydroxyl groups is 1. The van der Waals surface area contributed by atoms with Gasteiger partial charge in [0.1, 0.15) is 35.9 Å². The van der Waals surface area contributed by atoms with Gasteiger partial charge in [-0.2, -0.15) is 0 Å². The molecule has 1 aliphatic rings. The summed E-state index contributed by atoms with van der Waals surface area (Å²) in [5.41, 5.74) is 0.502. The maximum atomic E-state index is 13.9. The Morgan fingerprint density at radius 3 is 2.15 bits per heavy atom. The first-order valence-corrected chi connectivity index (χ1v) is 8.37. The molecule has 0 aromatic heterocycles. The van der Waals surface area contributed by atoms with Crippen molar-refractivity contribution in [2.75, 3.05) is 39.5 Å². The standard InChI is InChI=1S/C19H20F3NO3/c20-15-5-13(6-16(21)9-15)14-7-17(22)10-19(8-14)26-12-18(24)11-23-1-3-25-4-2-23/h5-10,18,24H,1-4,11-12H2. The summed E-state index contributed by atoms with van der Waals surface area (Å²) in [7, 11) is 0. The van der Waals surface area contributed by atoms with Gasteiger partial charge in [0.2, 0.25) is 0 Å². The molecule has 0 aliphatic carbocycles. The van der Waals surface area contributed by atoms with Gasteiger partial charge < -0.3 is 14.6 Å². The number of benzene rings is 2. The highest BCUT2D eigenvalue weighted by molar-refractivity contribution is 5.65. The fourth-order valence-electron chi connectivity index (χ4n) is 2.86. The predicted octanol–water partition coefficient (Wildman–Crippen LogP) is 2.84. The zero-order chi connectivity index (χ0) is 18.5. The van der Waals surface area contributed by atoms with Gasteiger partial charge in [0.25, 0.3) is 0 Å². The number of β-amino-alcohol motifs (C(OH)–C–C–N with tert-alkyl or cyclic N) is 1. The van der Waals surface area contributed by atoms with Gasteiger partial charge in [-0.15, -0.1) is 0 Å². The highest BCUT2D eigenvalue weighted by atomic mass is 19.1. The molecule has 2 aromatic rings. The Balaban J connectivity index is 1.65. The van der Waals surface area contributed by atoms with Crippen LogP contribution in [-0.2, 0) is 4.74 Å². The lowest BCUT2D eigenvalue weighted by Crippen LogP contribution is -2.42. The lowest BCUT2D eigenvalue weighted by molar-refractivity contribution is 0.00463. The molecular weight excluding hydrogens is 347 g/mol. The quantitative estimate of drug-likeness (QED) is 0.853.